The first-order chi connectivity index (χ1) is 20.9. The molecule has 13 heteroatoms. The molecule has 0 aliphatic rings. The first kappa shape index (κ1) is 36.4. The lowest BCUT2D eigenvalue weighted by Crippen LogP contribution is -2.06. The average Bonchev–Trinajstić information content (AvgIpc) is 3.75. The highest BCUT2D eigenvalue weighted by Crippen LogP contribution is 2.17. The number of aromatic nitrogens is 10. The van der Waals surface area contributed by atoms with E-state index in [0.29, 0.717) is 23.1 Å². The Balaban J connectivity index is 0.000000210. The summed E-state index contributed by atoms with van der Waals surface area (Å²) in [7, 11) is 5.41. The van der Waals surface area contributed by atoms with Gasteiger partial charge in [-0.2, -0.15) is 15.0 Å². The molecule has 0 fully saturated rings. The molecule has 5 heterocycles. The molecule has 0 saturated heterocycles. The molecule has 0 spiro atoms. The molecular weight excluding hydrogens is 592 g/mol. The van der Waals surface area contributed by atoms with Crippen LogP contribution in [0.3, 0.4) is 0 Å². The SMILES string of the molecule is C.CCOC(=O)c1cnn(C)c1C.Cc1c(-c2nnn(C)n2)cnn1C.Cc1c(Cl)nc2ccccn12.Cc1ccccc1C. The van der Waals surface area contributed by atoms with E-state index in [0.717, 1.165) is 28.3 Å². The second-order valence-electron chi connectivity index (χ2n) is 9.86. The van der Waals surface area contributed by atoms with Crippen molar-refractivity contribution >= 4 is 23.2 Å². The molecule has 0 amide bonds. The zero-order valence-corrected chi connectivity index (χ0v) is 27.4. The molecule has 0 N–H and O–H groups in total. The minimum absolute atomic E-state index is 0. The van der Waals surface area contributed by atoms with Crippen molar-refractivity contribution < 1.29 is 9.53 Å². The Labute approximate surface area is 269 Å². The quantitative estimate of drug-likeness (QED) is 0.215. The number of pyridine rings is 1. The fraction of sp³-hybridized carbons (Fsp3) is 0.344. The summed E-state index contributed by atoms with van der Waals surface area (Å²) in [4.78, 5) is 16.8. The van der Waals surface area contributed by atoms with Gasteiger partial charge in [-0.15, -0.1) is 10.2 Å². The van der Waals surface area contributed by atoms with Crippen LogP contribution in [0.4, 0.5) is 0 Å². The van der Waals surface area contributed by atoms with Gasteiger partial charge in [0.2, 0.25) is 5.82 Å². The minimum atomic E-state index is -0.303. The first-order valence-electron chi connectivity index (χ1n) is 13.9. The Bertz CT molecular complexity index is 1790. The Morgan fingerprint density at radius 1 is 0.844 bits per heavy atom. The highest BCUT2D eigenvalue weighted by atomic mass is 35.5. The van der Waals surface area contributed by atoms with Crippen LogP contribution in [0.1, 0.15) is 52.9 Å². The number of halogens is 1. The van der Waals surface area contributed by atoms with Gasteiger partial charge in [0.1, 0.15) is 11.2 Å². The molecule has 0 atom stereocenters. The molecule has 0 bridgehead atoms. The number of tetrazole rings is 1. The van der Waals surface area contributed by atoms with E-state index in [4.69, 9.17) is 16.3 Å². The van der Waals surface area contributed by atoms with Gasteiger partial charge in [-0.25, -0.2) is 9.78 Å². The van der Waals surface area contributed by atoms with E-state index in [1.165, 1.54) is 22.1 Å². The number of imidazole rings is 1. The third-order valence-electron chi connectivity index (χ3n) is 6.85. The summed E-state index contributed by atoms with van der Waals surface area (Å²) < 4.78 is 10.2. The predicted octanol–water partition coefficient (Wildman–Crippen LogP) is 6.06. The summed E-state index contributed by atoms with van der Waals surface area (Å²) in [5.41, 5.74) is 7.95. The normalized spacial score (nSPS) is 10.0. The molecule has 0 radical (unpaired) electrons. The molecule has 6 aromatic rings. The third-order valence-corrected chi connectivity index (χ3v) is 7.21. The summed E-state index contributed by atoms with van der Waals surface area (Å²) >= 11 is 5.82. The molecule has 5 aromatic heterocycles. The Morgan fingerprint density at radius 2 is 1.44 bits per heavy atom. The number of carbonyl (C=O) groups is 1. The average molecular weight is 635 g/mol. The maximum Gasteiger partial charge on any atom is 0.341 e. The molecule has 0 saturated carbocycles. The molecule has 1 aromatic carbocycles. The smallest absolute Gasteiger partial charge is 0.341 e. The lowest BCUT2D eigenvalue weighted by molar-refractivity contribution is 0.0525. The van der Waals surface area contributed by atoms with Gasteiger partial charge in [0.05, 0.1) is 37.3 Å². The second kappa shape index (κ2) is 16.9. The second-order valence-corrected chi connectivity index (χ2v) is 10.2. The number of ether oxygens (including phenoxy) is 1. The molecule has 6 rings (SSSR count). The number of carbonyl (C=O) groups excluding carboxylic acids is 1. The number of rotatable bonds is 3. The zero-order chi connectivity index (χ0) is 32.4. The van der Waals surface area contributed by atoms with E-state index in [9.17, 15) is 4.79 Å². The topological polar surface area (TPSA) is 123 Å². The standard InChI is InChI=1S/C8H7ClN2.C8H12N2O2.C8H10.C7H10N6.CH4/c1-6-8(9)10-7-4-2-3-5-11(6)7;1-4-12-8(11)7-5-9-10(3)6(7)2;1-7-5-3-4-6-8(7)2;1-5-6(4-8-12(5)2)7-9-11-13(3)10-7;/h2-5H,1H3;5H,4H2,1-3H3;3-6H,1-2H3;4H,1-3H3;1H4. The van der Waals surface area contributed by atoms with E-state index in [1.54, 1.807) is 36.6 Å². The van der Waals surface area contributed by atoms with Crippen molar-refractivity contribution in [1.82, 2.24) is 49.2 Å². The minimum Gasteiger partial charge on any atom is -0.462 e. The van der Waals surface area contributed by atoms with E-state index < -0.39 is 0 Å². The number of hydrogen-bond donors (Lipinski definition) is 0. The van der Waals surface area contributed by atoms with Crippen LogP contribution in [-0.2, 0) is 25.9 Å². The monoisotopic (exact) mass is 634 g/mol. The van der Waals surface area contributed by atoms with E-state index in [2.05, 4.69) is 68.7 Å². The van der Waals surface area contributed by atoms with Gasteiger partial charge in [0.25, 0.3) is 0 Å². The maximum atomic E-state index is 11.2. The van der Waals surface area contributed by atoms with Gasteiger partial charge in [-0.05, 0) is 70.0 Å². The van der Waals surface area contributed by atoms with Crippen LogP contribution < -0.4 is 0 Å². The van der Waals surface area contributed by atoms with Crippen LogP contribution in [-0.4, -0.2) is 61.7 Å². The van der Waals surface area contributed by atoms with E-state index >= 15 is 0 Å². The van der Waals surface area contributed by atoms with Gasteiger partial charge in [-0.3, -0.25) is 9.36 Å². The van der Waals surface area contributed by atoms with Gasteiger partial charge in [-0.1, -0.05) is 49.4 Å². The van der Waals surface area contributed by atoms with Crippen molar-refractivity contribution in [2.45, 2.75) is 49.0 Å². The summed E-state index contributed by atoms with van der Waals surface area (Å²) in [6, 6.07) is 14.2. The van der Waals surface area contributed by atoms with Crippen molar-refractivity contribution in [3.63, 3.8) is 0 Å². The molecular formula is C32H43ClN10O2. The van der Waals surface area contributed by atoms with Gasteiger partial charge in [0.15, 0.2) is 5.15 Å². The van der Waals surface area contributed by atoms with Crippen molar-refractivity contribution in [2.75, 3.05) is 6.61 Å². The summed E-state index contributed by atoms with van der Waals surface area (Å²) in [5, 5.41) is 20.4. The summed E-state index contributed by atoms with van der Waals surface area (Å²) in [5.74, 6) is 0.316. The highest BCUT2D eigenvalue weighted by molar-refractivity contribution is 6.30. The number of esters is 1. The fourth-order valence-electron chi connectivity index (χ4n) is 3.77. The number of nitrogens with zero attached hydrogens (tertiary/aromatic N) is 10. The number of hydrogen-bond acceptors (Lipinski definition) is 8. The lowest BCUT2D eigenvalue weighted by atomic mass is 10.1. The molecule has 0 unspecified atom stereocenters. The molecule has 0 aliphatic carbocycles. The fourth-order valence-corrected chi connectivity index (χ4v) is 3.95. The van der Waals surface area contributed by atoms with Gasteiger partial charge in [0, 0.05) is 31.7 Å². The van der Waals surface area contributed by atoms with Crippen LogP contribution in [0.25, 0.3) is 17.0 Å². The van der Waals surface area contributed by atoms with Crippen LogP contribution in [0.15, 0.2) is 61.1 Å². The third kappa shape index (κ3) is 9.57. The zero-order valence-electron chi connectivity index (χ0n) is 26.6. The number of aryl methyl sites for hydroxylation is 6. The number of fused-ring (bicyclic) bond motifs is 1. The van der Waals surface area contributed by atoms with E-state index in [1.807, 2.05) is 56.6 Å². The van der Waals surface area contributed by atoms with Gasteiger partial charge < -0.3 is 9.14 Å². The van der Waals surface area contributed by atoms with Crippen LogP contribution >= 0.6 is 11.6 Å². The van der Waals surface area contributed by atoms with Crippen LogP contribution in [0.5, 0.6) is 0 Å². The Kier molecular flexibility index (Phi) is 13.6. The molecule has 45 heavy (non-hydrogen) atoms. The summed E-state index contributed by atoms with van der Waals surface area (Å²) in [6.45, 7) is 12.2. The molecule has 0 aliphatic heterocycles. The largest absolute Gasteiger partial charge is 0.462 e. The first-order valence-corrected chi connectivity index (χ1v) is 14.3. The van der Waals surface area contributed by atoms with E-state index in [-0.39, 0.29) is 13.4 Å². The predicted molar refractivity (Wildman–Crippen MR) is 177 cm³/mol. The van der Waals surface area contributed by atoms with Crippen molar-refractivity contribution in [3.8, 4) is 11.4 Å². The molecule has 12 nitrogen and oxygen atoms in total. The Morgan fingerprint density at radius 3 is 1.91 bits per heavy atom. The van der Waals surface area contributed by atoms with Crippen LogP contribution in [0.2, 0.25) is 5.15 Å². The highest BCUT2D eigenvalue weighted by Gasteiger charge is 2.13. The lowest BCUT2D eigenvalue weighted by Gasteiger charge is -1.99. The van der Waals surface area contributed by atoms with Crippen molar-refractivity contribution in [1.29, 1.82) is 0 Å². The molecule has 240 valence electrons. The Hall–Kier alpha value is -4.84. The van der Waals surface area contributed by atoms with Crippen LogP contribution in [0, 0.1) is 34.6 Å². The summed E-state index contributed by atoms with van der Waals surface area (Å²) in [6.07, 6.45) is 5.21. The van der Waals surface area contributed by atoms with Gasteiger partial charge >= 0.3 is 5.97 Å². The van der Waals surface area contributed by atoms with Crippen molar-refractivity contribution in [2.24, 2.45) is 21.1 Å². The maximum absolute atomic E-state index is 11.2. The number of benzene rings is 1. The van der Waals surface area contributed by atoms with Crippen molar-refractivity contribution in [3.05, 3.63) is 100.0 Å².